The molecule has 1 rings (SSSR count). The summed E-state index contributed by atoms with van der Waals surface area (Å²) in [5.41, 5.74) is 0.122. The Balaban J connectivity index is 2.50. The second-order valence-corrected chi connectivity index (χ2v) is 2.78. The molecule has 0 unspecified atom stereocenters. The summed E-state index contributed by atoms with van der Waals surface area (Å²) < 4.78 is 14.8. The van der Waals surface area contributed by atoms with Crippen LogP contribution in [0.4, 0.5) is 0 Å². The van der Waals surface area contributed by atoms with E-state index in [-0.39, 0.29) is 11.6 Å². The molecule has 0 spiro atoms. The smallest absolute Gasteiger partial charge is 0.358 e. The molecule has 16 heavy (non-hydrogen) atoms. The number of aromatic nitrogens is 2. The molecular formula is C10H14N2O4. The third kappa shape index (κ3) is 3.82. The van der Waals surface area contributed by atoms with Crippen LogP contribution < -0.4 is 4.74 Å². The van der Waals surface area contributed by atoms with Crippen LogP contribution in [0, 0.1) is 0 Å². The van der Waals surface area contributed by atoms with Gasteiger partial charge in [-0.05, 0) is 6.92 Å². The number of nitrogens with zero attached hydrogens (tertiary/aromatic N) is 2. The molecule has 0 aromatic carbocycles. The van der Waals surface area contributed by atoms with Crippen LogP contribution in [0.1, 0.15) is 17.4 Å². The molecule has 0 aliphatic rings. The number of esters is 1. The molecule has 0 aliphatic heterocycles. The number of ether oxygens (including phenoxy) is 3. The molecule has 0 N–H and O–H groups in total. The summed E-state index contributed by atoms with van der Waals surface area (Å²) in [7, 11) is 1.28. The fourth-order valence-corrected chi connectivity index (χ4v) is 0.970. The Kier molecular flexibility index (Phi) is 5.21. The molecule has 0 saturated carbocycles. The first-order valence-electron chi connectivity index (χ1n) is 4.88. The van der Waals surface area contributed by atoms with Crippen molar-refractivity contribution in [1.29, 1.82) is 0 Å². The second kappa shape index (κ2) is 6.73. The van der Waals surface area contributed by atoms with Gasteiger partial charge in [-0.2, -0.15) is 0 Å². The first-order valence-corrected chi connectivity index (χ1v) is 4.88. The van der Waals surface area contributed by atoms with Crippen LogP contribution in [0.5, 0.6) is 5.88 Å². The molecular weight excluding hydrogens is 212 g/mol. The van der Waals surface area contributed by atoms with Gasteiger partial charge in [0, 0.05) is 6.61 Å². The summed E-state index contributed by atoms with van der Waals surface area (Å²) in [4.78, 5) is 18.9. The lowest BCUT2D eigenvalue weighted by Gasteiger charge is -2.05. The molecule has 0 bridgehead atoms. The zero-order valence-corrected chi connectivity index (χ0v) is 9.30. The van der Waals surface area contributed by atoms with E-state index in [4.69, 9.17) is 9.47 Å². The Morgan fingerprint density at radius 3 is 2.88 bits per heavy atom. The van der Waals surface area contributed by atoms with E-state index in [0.29, 0.717) is 19.8 Å². The van der Waals surface area contributed by atoms with E-state index >= 15 is 0 Å². The highest BCUT2D eigenvalue weighted by Crippen LogP contribution is 2.05. The minimum atomic E-state index is -0.539. The molecule has 6 heteroatoms. The Hall–Kier alpha value is -1.69. The van der Waals surface area contributed by atoms with Crippen molar-refractivity contribution in [2.24, 2.45) is 0 Å². The normalized spacial score (nSPS) is 9.88. The van der Waals surface area contributed by atoms with Crippen molar-refractivity contribution < 1.29 is 19.0 Å². The Morgan fingerprint density at radius 2 is 2.19 bits per heavy atom. The van der Waals surface area contributed by atoms with Crippen molar-refractivity contribution in [1.82, 2.24) is 9.97 Å². The fraction of sp³-hybridized carbons (Fsp3) is 0.500. The lowest BCUT2D eigenvalue weighted by molar-refractivity contribution is 0.0591. The number of rotatable bonds is 6. The van der Waals surface area contributed by atoms with Crippen LogP contribution in [-0.4, -0.2) is 42.9 Å². The minimum Gasteiger partial charge on any atom is -0.474 e. The molecule has 1 heterocycles. The number of hydrogen-bond acceptors (Lipinski definition) is 6. The van der Waals surface area contributed by atoms with Gasteiger partial charge in [0.05, 0.1) is 26.1 Å². The van der Waals surface area contributed by atoms with Gasteiger partial charge in [-0.25, -0.2) is 9.78 Å². The maximum Gasteiger partial charge on any atom is 0.358 e. The van der Waals surface area contributed by atoms with Gasteiger partial charge in [-0.3, -0.25) is 4.98 Å². The van der Waals surface area contributed by atoms with Gasteiger partial charge in [0.2, 0.25) is 5.88 Å². The highest BCUT2D eigenvalue weighted by Gasteiger charge is 2.08. The van der Waals surface area contributed by atoms with E-state index in [1.165, 1.54) is 19.5 Å². The third-order valence-electron chi connectivity index (χ3n) is 1.69. The SMILES string of the molecule is CCOCCOc1cncc(C(=O)OC)n1. The Morgan fingerprint density at radius 1 is 1.38 bits per heavy atom. The molecule has 1 aromatic heterocycles. The summed E-state index contributed by atoms with van der Waals surface area (Å²) >= 11 is 0. The lowest BCUT2D eigenvalue weighted by atomic mass is 10.4. The number of hydrogen-bond donors (Lipinski definition) is 0. The Labute approximate surface area is 93.6 Å². The molecule has 0 atom stereocenters. The first-order chi connectivity index (χ1) is 7.77. The molecule has 1 aromatic rings. The van der Waals surface area contributed by atoms with E-state index in [9.17, 15) is 4.79 Å². The van der Waals surface area contributed by atoms with Crippen molar-refractivity contribution in [2.75, 3.05) is 26.9 Å². The van der Waals surface area contributed by atoms with Crippen molar-refractivity contribution in [3.63, 3.8) is 0 Å². The van der Waals surface area contributed by atoms with Gasteiger partial charge in [-0.15, -0.1) is 0 Å². The quantitative estimate of drug-likeness (QED) is 0.524. The molecule has 0 amide bonds. The van der Waals surface area contributed by atoms with Crippen LogP contribution in [-0.2, 0) is 9.47 Å². The van der Waals surface area contributed by atoms with Gasteiger partial charge in [0.15, 0.2) is 5.69 Å². The zero-order chi connectivity index (χ0) is 11.8. The number of carbonyl (C=O) groups is 1. The number of carbonyl (C=O) groups excluding carboxylic acids is 1. The van der Waals surface area contributed by atoms with Gasteiger partial charge in [-0.1, -0.05) is 0 Å². The number of methoxy groups -OCH3 is 1. The van der Waals surface area contributed by atoms with Crippen molar-refractivity contribution in [2.45, 2.75) is 6.92 Å². The molecule has 0 saturated heterocycles. The van der Waals surface area contributed by atoms with Crippen LogP contribution in [0.15, 0.2) is 12.4 Å². The van der Waals surface area contributed by atoms with Crippen LogP contribution in [0.3, 0.4) is 0 Å². The van der Waals surface area contributed by atoms with E-state index in [1.807, 2.05) is 6.92 Å². The van der Waals surface area contributed by atoms with Gasteiger partial charge in [0.1, 0.15) is 6.61 Å². The largest absolute Gasteiger partial charge is 0.474 e. The van der Waals surface area contributed by atoms with E-state index in [0.717, 1.165) is 0 Å². The summed E-state index contributed by atoms with van der Waals surface area (Å²) in [6, 6.07) is 0. The average molecular weight is 226 g/mol. The zero-order valence-electron chi connectivity index (χ0n) is 9.30. The first kappa shape index (κ1) is 12.4. The lowest BCUT2D eigenvalue weighted by Crippen LogP contribution is -2.10. The van der Waals surface area contributed by atoms with Crippen molar-refractivity contribution in [3.8, 4) is 5.88 Å². The molecule has 0 fully saturated rings. The van der Waals surface area contributed by atoms with Crippen molar-refractivity contribution >= 4 is 5.97 Å². The summed E-state index contributed by atoms with van der Waals surface area (Å²) in [5.74, 6) is -0.259. The highest BCUT2D eigenvalue weighted by molar-refractivity contribution is 5.86. The monoisotopic (exact) mass is 226 g/mol. The third-order valence-corrected chi connectivity index (χ3v) is 1.69. The van der Waals surface area contributed by atoms with Gasteiger partial charge >= 0.3 is 5.97 Å². The maximum absolute atomic E-state index is 11.1. The van der Waals surface area contributed by atoms with Gasteiger partial charge < -0.3 is 14.2 Å². The molecule has 0 aliphatic carbocycles. The van der Waals surface area contributed by atoms with Gasteiger partial charge in [0.25, 0.3) is 0 Å². The molecule has 6 nitrogen and oxygen atoms in total. The van der Waals surface area contributed by atoms with Crippen molar-refractivity contribution in [3.05, 3.63) is 18.1 Å². The second-order valence-electron chi connectivity index (χ2n) is 2.78. The van der Waals surface area contributed by atoms with Crippen LogP contribution in [0.25, 0.3) is 0 Å². The Bertz CT molecular complexity index is 343. The molecule has 0 radical (unpaired) electrons. The molecule has 88 valence electrons. The topological polar surface area (TPSA) is 70.5 Å². The van der Waals surface area contributed by atoms with Crippen LogP contribution in [0.2, 0.25) is 0 Å². The minimum absolute atomic E-state index is 0.122. The van der Waals surface area contributed by atoms with E-state index < -0.39 is 5.97 Å². The summed E-state index contributed by atoms with van der Waals surface area (Å²) in [6.07, 6.45) is 2.75. The summed E-state index contributed by atoms with van der Waals surface area (Å²) in [5, 5.41) is 0. The fourth-order valence-electron chi connectivity index (χ4n) is 0.970. The average Bonchev–Trinajstić information content (AvgIpc) is 2.34. The maximum atomic E-state index is 11.1. The van der Waals surface area contributed by atoms with E-state index in [1.54, 1.807) is 0 Å². The summed E-state index contributed by atoms with van der Waals surface area (Å²) in [6.45, 7) is 3.38. The predicted octanol–water partition coefficient (Wildman–Crippen LogP) is 0.678. The predicted molar refractivity (Wildman–Crippen MR) is 55.4 cm³/mol. The standard InChI is InChI=1S/C10H14N2O4/c1-3-15-4-5-16-9-7-11-6-8(12-9)10(13)14-2/h6-7H,3-5H2,1-2H3. The van der Waals surface area contributed by atoms with E-state index in [2.05, 4.69) is 14.7 Å². The van der Waals surface area contributed by atoms with Crippen LogP contribution >= 0.6 is 0 Å². The highest BCUT2D eigenvalue weighted by atomic mass is 16.5.